The van der Waals surface area contributed by atoms with Crippen LogP contribution < -0.4 is 11.1 Å². The number of fused-ring (bicyclic) bond motifs is 3. The number of nitrogens with two attached hydrogens (primary N) is 1. The molecule has 3 aliphatic carbocycles. The number of aromatic hydroxyl groups is 1. The van der Waals surface area contributed by atoms with Crippen molar-refractivity contribution in [1.82, 2.24) is 10.2 Å². The zero-order chi connectivity index (χ0) is 26.0. The van der Waals surface area contributed by atoms with Gasteiger partial charge in [0.05, 0.1) is 11.7 Å². The van der Waals surface area contributed by atoms with Crippen LogP contribution in [0.25, 0.3) is 0 Å². The molecule has 0 bridgehead atoms. The van der Waals surface area contributed by atoms with Crippen molar-refractivity contribution in [3.8, 4) is 5.75 Å². The number of hydrogen-bond acceptors (Lipinski definition) is 9. The molecule has 6 atom stereocenters. The number of rotatable bonds is 5. The van der Waals surface area contributed by atoms with Crippen LogP contribution >= 0.6 is 0 Å². The van der Waals surface area contributed by atoms with Crippen molar-refractivity contribution >= 4 is 17.5 Å². The molecule has 1 amide bonds. The molecule has 7 N–H and O–H groups in total. The Hall–Kier alpha value is -2.79. The lowest BCUT2D eigenvalue weighted by Gasteiger charge is -2.53. The summed E-state index contributed by atoms with van der Waals surface area (Å²) in [7, 11) is 3.26. The minimum Gasteiger partial charge on any atom is -0.508 e. The molecule has 0 saturated heterocycles. The third kappa shape index (κ3) is 3.67. The molecule has 1 saturated carbocycles. The number of aliphatic hydroxyl groups excluding tert-OH is 2. The Kier molecular flexibility index (Phi) is 6.29. The van der Waals surface area contributed by atoms with Crippen molar-refractivity contribution in [3.05, 3.63) is 40.2 Å². The monoisotopic (exact) mass is 487 g/mol. The molecule has 2 unspecified atom stereocenters. The van der Waals surface area contributed by atoms with E-state index >= 15 is 0 Å². The van der Waals surface area contributed by atoms with Gasteiger partial charge < -0.3 is 36.4 Å². The van der Waals surface area contributed by atoms with E-state index in [-0.39, 0.29) is 29.3 Å². The fraction of sp³-hybridized carbons (Fsp3) is 0.560. The molecular weight excluding hydrogens is 454 g/mol. The van der Waals surface area contributed by atoms with E-state index in [9.17, 15) is 34.8 Å². The Bertz CT molecular complexity index is 1130. The minimum atomic E-state index is -2.57. The quantitative estimate of drug-likeness (QED) is 0.307. The number of nitrogens with zero attached hydrogens (tertiary/aromatic N) is 1. The van der Waals surface area contributed by atoms with Crippen LogP contribution in [0, 0.1) is 17.8 Å². The van der Waals surface area contributed by atoms with Crippen LogP contribution in [0.1, 0.15) is 41.8 Å². The molecule has 3 aliphatic rings. The number of ketones is 2. The van der Waals surface area contributed by atoms with Crippen molar-refractivity contribution in [1.29, 1.82) is 0 Å². The van der Waals surface area contributed by atoms with Crippen molar-refractivity contribution in [2.75, 3.05) is 14.1 Å². The fourth-order valence-electron chi connectivity index (χ4n) is 6.15. The third-order valence-corrected chi connectivity index (χ3v) is 7.77. The Balaban J connectivity index is 1.89. The van der Waals surface area contributed by atoms with Crippen LogP contribution in [-0.4, -0.2) is 80.7 Å². The number of hydrogen-bond donors (Lipinski definition) is 6. The average molecular weight is 488 g/mol. The topological polar surface area (TPSA) is 173 Å². The number of carbonyl (C=O) groups is 3. The zero-order valence-corrected chi connectivity index (χ0v) is 20.3. The van der Waals surface area contributed by atoms with Crippen LogP contribution in [0.2, 0.25) is 0 Å². The predicted octanol–water partition coefficient (Wildman–Crippen LogP) is -0.216. The molecule has 0 spiro atoms. The molecule has 1 aromatic carbocycles. The molecule has 10 heteroatoms. The van der Waals surface area contributed by atoms with Crippen LogP contribution in [-0.2, 0) is 22.6 Å². The molecule has 0 aromatic heterocycles. The van der Waals surface area contributed by atoms with Gasteiger partial charge in [-0.15, -0.1) is 0 Å². The van der Waals surface area contributed by atoms with Gasteiger partial charge in [-0.3, -0.25) is 14.4 Å². The highest BCUT2D eigenvalue weighted by Crippen LogP contribution is 2.52. The van der Waals surface area contributed by atoms with Gasteiger partial charge in [-0.2, -0.15) is 0 Å². The lowest BCUT2D eigenvalue weighted by Crippen LogP contribution is -2.71. The number of allylic oxidation sites excluding steroid dienone is 1. The van der Waals surface area contributed by atoms with Crippen LogP contribution in [0.3, 0.4) is 0 Å². The molecule has 4 rings (SSSR count). The fourth-order valence-corrected chi connectivity index (χ4v) is 6.15. The third-order valence-electron chi connectivity index (χ3n) is 7.77. The average Bonchev–Trinajstić information content (AvgIpc) is 2.75. The zero-order valence-electron chi connectivity index (χ0n) is 20.3. The smallest absolute Gasteiger partial charge is 0.230 e. The number of benzene rings is 1. The van der Waals surface area contributed by atoms with E-state index in [1.54, 1.807) is 25.1 Å². The molecule has 10 nitrogen and oxygen atoms in total. The van der Waals surface area contributed by atoms with Gasteiger partial charge in [-0.25, -0.2) is 0 Å². The van der Waals surface area contributed by atoms with Gasteiger partial charge in [0.25, 0.3) is 0 Å². The van der Waals surface area contributed by atoms with E-state index in [0.29, 0.717) is 18.5 Å². The standard InChI is InChI=1S/C25H33N3O7/c1-10(2)27-9-11-5-6-15(29)17-13(11)7-12-8-14-19(28(3)4)21(31)18(24(26)34)23(33)25(14,35)22(32)16(12)20(17)30/h5-6,10,12,14,18-19,21,27,29,31-32,35H,7-9H2,1-4H3,(H2,26,34)/t12-,14-,18?,19-,21?,25-/m0/s1. The van der Waals surface area contributed by atoms with Gasteiger partial charge in [0.2, 0.25) is 5.91 Å². The number of phenolic OH excluding ortho intramolecular Hbond substituents is 1. The lowest BCUT2D eigenvalue weighted by molar-refractivity contribution is -0.178. The highest BCUT2D eigenvalue weighted by Gasteiger charge is 2.66. The van der Waals surface area contributed by atoms with E-state index in [1.807, 2.05) is 13.8 Å². The van der Waals surface area contributed by atoms with Gasteiger partial charge in [-0.1, -0.05) is 19.9 Å². The van der Waals surface area contributed by atoms with E-state index < -0.39 is 58.7 Å². The number of primary amides is 1. The Morgan fingerprint density at radius 3 is 2.49 bits per heavy atom. The summed E-state index contributed by atoms with van der Waals surface area (Å²) in [5, 5.41) is 47.7. The number of phenols is 1. The molecule has 35 heavy (non-hydrogen) atoms. The first-order chi connectivity index (χ1) is 16.3. The van der Waals surface area contributed by atoms with Crippen LogP contribution in [0.15, 0.2) is 23.5 Å². The first-order valence-electron chi connectivity index (χ1n) is 11.8. The summed E-state index contributed by atoms with van der Waals surface area (Å²) in [6.45, 7) is 4.45. The van der Waals surface area contributed by atoms with Gasteiger partial charge >= 0.3 is 0 Å². The van der Waals surface area contributed by atoms with Gasteiger partial charge in [0, 0.05) is 30.1 Å². The Morgan fingerprint density at radius 1 is 1.26 bits per heavy atom. The number of likely N-dealkylation sites (N-methyl/N-ethyl adjacent to an activating group) is 1. The highest BCUT2D eigenvalue weighted by molar-refractivity contribution is 6.15. The largest absolute Gasteiger partial charge is 0.508 e. The van der Waals surface area contributed by atoms with Crippen molar-refractivity contribution in [2.24, 2.45) is 23.5 Å². The maximum Gasteiger partial charge on any atom is 0.230 e. The number of Topliss-reactive ketones (excluding diaryl/α,β-unsaturated/α-hetero) is 2. The molecule has 190 valence electrons. The van der Waals surface area contributed by atoms with Gasteiger partial charge in [-0.05, 0) is 50.0 Å². The second kappa shape index (κ2) is 8.70. The van der Waals surface area contributed by atoms with Crippen molar-refractivity contribution in [3.63, 3.8) is 0 Å². The van der Waals surface area contributed by atoms with Crippen LogP contribution in [0.5, 0.6) is 5.75 Å². The summed E-state index contributed by atoms with van der Waals surface area (Å²) in [6, 6.07) is 2.47. The summed E-state index contributed by atoms with van der Waals surface area (Å²) in [4.78, 5) is 40.6. The maximum atomic E-state index is 13.6. The minimum absolute atomic E-state index is 0.0341. The second-order valence-electron chi connectivity index (χ2n) is 10.4. The Labute approximate surface area is 203 Å². The highest BCUT2D eigenvalue weighted by atomic mass is 16.3. The second-order valence-corrected chi connectivity index (χ2v) is 10.4. The van der Waals surface area contributed by atoms with E-state index in [2.05, 4.69) is 5.32 Å². The van der Waals surface area contributed by atoms with Gasteiger partial charge in [0.15, 0.2) is 17.2 Å². The van der Waals surface area contributed by atoms with Gasteiger partial charge in [0.1, 0.15) is 17.4 Å². The Morgan fingerprint density at radius 2 is 1.91 bits per heavy atom. The first kappa shape index (κ1) is 25.3. The summed E-state index contributed by atoms with van der Waals surface area (Å²) in [6.07, 6.45) is -1.10. The summed E-state index contributed by atoms with van der Waals surface area (Å²) in [5.41, 5.74) is 4.19. The molecule has 0 aliphatic heterocycles. The van der Waals surface area contributed by atoms with E-state index in [0.717, 1.165) is 5.56 Å². The van der Waals surface area contributed by atoms with Crippen molar-refractivity contribution < 1.29 is 34.8 Å². The molecular formula is C25H33N3O7. The van der Waals surface area contributed by atoms with Crippen molar-refractivity contribution in [2.45, 2.75) is 57.0 Å². The number of carbonyl (C=O) groups excluding carboxylic acids is 3. The normalized spacial score (nSPS) is 32.5. The number of nitrogens with one attached hydrogen (secondary N) is 1. The molecule has 1 aromatic rings. The molecule has 0 heterocycles. The molecule has 1 fully saturated rings. The summed E-state index contributed by atoms with van der Waals surface area (Å²) >= 11 is 0. The number of aliphatic hydroxyl groups is 3. The number of amides is 1. The SMILES string of the molecule is CC(C)NCc1ccc(O)c2c1C[C@H]1C[C@H]3[C@H](N(C)C)C(O)C(C(N)=O)C(=O)[C@@]3(O)C(O)=C1C2=O. The summed E-state index contributed by atoms with van der Waals surface area (Å²) in [5.74, 6) is -7.30. The predicted molar refractivity (Wildman–Crippen MR) is 125 cm³/mol. The maximum absolute atomic E-state index is 13.6. The molecule has 0 radical (unpaired) electrons. The van der Waals surface area contributed by atoms with E-state index in [1.165, 1.54) is 6.07 Å². The van der Waals surface area contributed by atoms with Crippen LogP contribution in [0.4, 0.5) is 0 Å². The van der Waals surface area contributed by atoms with E-state index in [4.69, 9.17) is 5.73 Å². The first-order valence-corrected chi connectivity index (χ1v) is 11.8. The summed E-state index contributed by atoms with van der Waals surface area (Å²) < 4.78 is 0. The lowest BCUT2D eigenvalue weighted by atomic mass is 9.56.